The van der Waals surface area contributed by atoms with Crippen molar-refractivity contribution in [3.05, 3.63) is 59.9 Å². The second-order valence-electron chi connectivity index (χ2n) is 4.48. The second kappa shape index (κ2) is 6.90. The minimum absolute atomic E-state index is 0.276. The monoisotopic (exact) mass is 256 g/mol. The van der Waals surface area contributed by atoms with Gasteiger partial charge in [-0.15, -0.1) is 0 Å². The zero-order valence-electron chi connectivity index (χ0n) is 11.5. The molecule has 0 bridgehead atoms. The van der Waals surface area contributed by atoms with Crippen LogP contribution in [0, 0.1) is 0 Å². The Morgan fingerprint density at radius 3 is 2.68 bits per heavy atom. The molecule has 0 saturated heterocycles. The molecule has 0 aliphatic heterocycles. The Bertz CT molecular complexity index is 499. The molecule has 0 saturated carbocycles. The van der Waals surface area contributed by atoms with Gasteiger partial charge < -0.3 is 10.1 Å². The summed E-state index contributed by atoms with van der Waals surface area (Å²) in [6, 6.07) is 12.8. The predicted molar refractivity (Wildman–Crippen MR) is 77.4 cm³/mol. The summed E-state index contributed by atoms with van der Waals surface area (Å²) in [4.78, 5) is 4.10. The highest BCUT2D eigenvalue weighted by atomic mass is 16.5. The first-order chi connectivity index (χ1) is 9.35. The van der Waals surface area contributed by atoms with Crippen LogP contribution in [0.3, 0.4) is 0 Å². The predicted octanol–water partition coefficient (Wildman–Crippen LogP) is 2.98. The van der Waals surface area contributed by atoms with Crippen molar-refractivity contribution in [2.24, 2.45) is 0 Å². The summed E-state index contributed by atoms with van der Waals surface area (Å²) in [6.07, 6.45) is 5.64. The van der Waals surface area contributed by atoms with E-state index in [1.54, 1.807) is 13.3 Å². The minimum atomic E-state index is 0.276. The molecular formula is C16H20N2O. The first-order valence-corrected chi connectivity index (χ1v) is 6.54. The number of hydrogen-bond acceptors (Lipinski definition) is 3. The molecule has 2 aromatic rings. The smallest absolute Gasteiger partial charge is 0.141 e. The molecule has 19 heavy (non-hydrogen) atoms. The van der Waals surface area contributed by atoms with Crippen LogP contribution in [0.2, 0.25) is 0 Å². The van der Waals surface area contributed by atoms with E-state index in [9.17, 15) is 0 Å². The van der Waals surface area contributed by atoms with Crippen molar-refractivity contribution in [3.63, 3.8) is 0 Å². The molecule has 1 heterocycles. The highest BCUT2D eigenvalue weighted by molar-refractivity contribution is 5.33. The summed E-state index contributed by atoms with van der Waals surface area (Å²) >= 11 is 0. The molecule has 3 heteroatoms. The molecule has 0 aliphatic carbocycles. The van der Waals surface area contributed by atoms with Crippen LogP contribution in [-0.4, -0.2) is 19.1 Å². The molecule has 0 radical (unpaired) electrons. The number of nitrogens with one attached hydrogen (secondary N) is 1. The molecule has 1 N–H and O–H groups in total. The summed E-state index contributed by atoms with van der Waals surface area (Å²) in [7, 11) is 3.67. The number of aromatic nitrogens is 1. The zero-order valence-corrected chi connectivity index (χ0v) is 11.5. The van der Waals surface area contributed by atoms with Gasteiger partial charge in [0, 0.05) is 17.8 Å². The Morgan fingerprint density at radius 2 is 2.00 bits per heavy atom. The van der Waals surface area contributed by atoms with E-state index in [0.29, 0.717) is 0 Å². The van der Waals surface area contributed by atoms with Crippen LogP contribution < -0.4 is 10.1 Å². The van der Waals surface area contributed by atoms with Crippen molar-refractivity contribution in [2.75, 3.05) is 14.2 Å². The number of nitrogens with zero attached hydrogens (tertiary/aromatic N) is 1. The molecule has 1 atom stereocenters. The SMILES string of the molecule is CNC(CCc1ccccc1)c1ccncc1OC. The number of ether oxygens (including phenoxy) is 1. The molecule has 100 valence electrons. The number of hydrogen-bond donors (Lipinski definition) is 1. The van der Waals surface area contributed by atoms with Crippen molar-refractivity contribution in [3.8, 4) is 5.75 Å². The molecular weight excluding hydrogens is 236 g/mol. The first-order valence-electron chi connectivity index (χ1n) is 6.54. The van der Waals surface area contributed by atoms with Crippen molar-refractivity contribution < 1.29 is 4.74 Å². The van der Waals surface area contributed by atoms with E-state index in [1.807, 2.05) is 25.4 Å². The van der Waals surface area contributed by atoms with Crippen LogP contribution in [0.1, 0.15) is 23.6 Å². The fourth-order valence-electron chi connectivity index (χ4n) is 2.26. The summed E-state index contributed by atoms with van der Waals surface area (Å²) in [5.74, 6) is 0.843. The van der Waals surface area contributed by atoms with E-state index in [2.05, 4.69) is 34.6 Å². The Labute approximate surface area is 114 Å². The molecule has 0 amide bonds. The number of pyridine rings is 1. The van der Waals surface area contributed by atoms with Gasteiger partial charge in [0.1, 0.15) is 5.75 Å². The highest BCUT2D eigenvalue weighted by Crippen LogP contribution is 2.26. The normalized spacial score (nSPS) is 12.1. The lowest BCUT2D eigenvalue weighted by atomic mass is 9.99. The molecule has 0 spiro atoms. The van der Waals surface area contributed by atoms with Crippen LogP contribution in [0.25, 0.3) is 0 Å². The third-order valence-corrected chi connectivity index (χ3v) is 3.32. The highest BCUT2D eigenvalue weighted by Gasteiger charge is 2.14. The van der Waals surface area contributed by atoms with E-state index < -0.39 is 0 Å². The molecule has 3 nitrogen and oxygen atoms in total. The Hall–Kier alpha value is -1.87. The largest absolute Gasteiger partial charge is 0.495 e. The average molecular weight is 256 g/mol. The summed E-state index contributed by atoms with van der Waals surface area (Å²) in [6.45, 7) is 0. The van der Waals surface area contributed by atoms with Crippen LogP contribution in [-0.2, 0) is 6.42 Å². The van der Waals surface area contributed by atoms with Gasteiger partial charge in [0.2, 0.25) is 0 Å². The maximum absolute atomic E-state index is 5.38. The van der Waals surface area contributed by atoms with Gasteiger partial charge in [0.05, 0.1) is 13.3 Å². The molecule has 1 unspecified atom stereocenters. The molecule has 0 aliphatic rings. The van der Waals surface area contributed by atoms with E-state index in [0.717, 1.165) is 24.2 Å². The molecule has 0 fully saturated rings. The lowest BCUT2D eigenvalue weighted by Gasteiger charge is -2.19. The van der Waals surface area contributed by atoms with Crippen molar-refractivity contribution >= 4 is 0 Å². The summed E-state index contributed by atoms with van der Waals surface area (Å²) in [5.41, 5.74) is 2.52. The number of benzene rings is 1. The standard InChI is InChI=1S/C16H20N2O/c1-17-15(9-8-13-6-4-3-5-7-13)14-10-11-18-12-16(14)19-2/h3-7,10-12,15,17H,8-9H2,1-2H3. The fourth-order valence-corrected chi connectivity index (χ4v) is 2.26. The van der Waals surface area contributed by atoms with Gasteiger partial charge in [-0.2, -0.15) is 0 Å². The second-order valence-corrected chi connectivity index (χ2v) is 4.48. The summed E-state index contributed by atoms with van der Waals surface area (Å²) < 4.78 is 5.38. The molecule has 2 rings (SSSR count). The average Bonchev–Trinajstić information content (AvgIpc) is 2.49. The van der Waals surface area contributed by atoms with Gasteiger partial charge in [-0.05, 0) is 31.5 Å². The molecule has 1 aromatic heterocycles. The zero-order chi connectivity index (χ0) is 13.5. The lowest BCUT2D eigenvalue weighted by Crippen LogP contribution is -2.18. The van der Waals surface area contributed by atoms with Crippen LogP contribution in [0.15, 0.2) is 48.8 Å². The minimum Gasteiger partial charge on any atom is -0.495 e. The summed E-state index contributed by atoms with van der Waals surface area (Å²) in [5, 5.41) is 3.36. The molecule has 1 aromatic carbocycles. The van der Waals surface area contributed by atoms with Crippen molar-refractivity contribution in [2.45, 2.75) is 18.9 Å². The third kappa shape index (κ3) is 3.55. The van der Waals surface area contributed by atoms with E-state index in [1.165, 1.54) is 5.56 Å². The van der Waals surface area contributed by atoms with Gasteiger partial charge in [-0.25, -0.2) is 0 Å². The maximum atomic E-state index is 5.38. The van der Waals surface area contributed by atoms with E-state index in [4.69, 9.17) is 4.74 Å². The van der Waals surface area contributed by atoms with Crippen LogP contribution in [0.4, 0.5) is 0 Å². The Morgan fingerprint density at radius 1 is 1.21 bits per heavy atom. The number of aryl methyl sites for hydroxylation is 1. The van der Waals surface area contributed by atoms with Gasteiger partial charge in [-0.3, -0.25) is 4.98 Å². The van der Waals surface area contributed by atoms with E-state index >= 15 is 0 Å². The van der Waals surface area contributed by atoms with Crippen molar-refractivity contribution in [1.29, 1.82) is 0 Å². The van der Waals surface area contributed by atoms with Crippen LogP contribution in [0.5, 0.6) is 5.75 Å². The number of methoxy groups -OCH3 is 1. The van der Waals surface area contributed by atoms with Gasteiger partial charge in [-0.1, -0.05) is 30.3 Å². The fraction of sp³-hybridized carbons (Fsp3) is 0.312. The Balaban J connectivity index is 2.08. The Kier molecular flexibility index (Phi) is 4.93. The van der Waals surface area contributed by atoms with Crippen molar-refractivity contribution in [1.82, 2.24) is 10.3 Å². The lowest BCUT2D eigenvalue weighted by molar-refractivity contribution is 0.397. The first kappa shape index (κ1) is 13.6. The van der Waals surface area contributed by atoms with Gasteiger partial charge in [0.25, 0.3) is 0 Å². The van der Waals surface area contributed by atoms with Crippen LogP contribution >= 0.6 is 0 Å². The number of rotatable bonds is 6. The van der Waals surface area contributed by atoms with Gasteiger partial charge in [0.15, 0.2) is 0 Å². The van der Waals surface area contributed by atoms with Gasteiger partial charge >= 0.3 is 0 Å². The topological polar surface area (TPSA) is 34.2 Å². The maximum Gasteiger partial charge on any atom is 0.141 e. The third-order valence-electron chi connectivity index (χ3n) is 3.32. The quantitative estimate of drug-likeness (QED) is 0.862. The van der Waals surface area contributed by atoms with E-state index in [-0.39, 0.29) is 6.04 Å².